The topological polar surface area (TPSA) is 84.3 Å². The van der Waals surface area contributed by atoms with Crippen LogP contribution in [0.3, 0.4) is 0 Å². The van der Waals surface area contributed by atoms with E-state index in [1.165, 1.54) is 23.6 Å². The molecule has 34 heavy (non-hydrogen) atoms. The van der Waals surface area contributed by atoms with Crippen LogP contribution in [0.15, 0.2) is 71.2 Å². The van der Waals surface area contributed by atoms with Crippen LogP contribution in [0.1, 0.15) is 37.4 Å². The van der Waals surface area contributed by atoms with E-state index in [9.17, 15) is 17.6 Å². The van der Waals surface area contributed by atoms with Gasteiger partial charge in [-0.25, -0.2) is 17.8 Å². The van der Waals surface area contributed by atoms with E-state index in [0.29, 0.717) is 22.6 Å². The number of halogens is 1. The van der Waals surface area contributed by atoms with Crippen molar-refractivity contribution in [2.75, 3.05) is 11.3 Å². The molecule has 1 amide bonds. The highest BCUT2D eigenvalue weighted by atomic mass is 32.2. The summed E-state index contributed by atoms with van der Waals surface area (Å²) in [6.45, 7) is 2.44. The van der Waals surface area contributed by atoms with Crippen LogP contribution < -0.4 is 4.72 Å². The number of hydrogen-bond donors (Lipinski definition) is 1. The molecule has 1 saturated heterocycles. The van der Waals surface area contributed by atoms with Gasteiger partial charge >= 0.3 is 0 Å². The minimum atomic E-state index is -3.74. The Balaban J connectivity index is 1.36. The van der Waals surface area contributed by atoms with E-state index in [0.717, 1.165) is 18.4 Å². The van der Waals surface area contributed by atoms with E-state index in [-0.39, 0.29) is 22.7 Å². The van der Waals surface area contributed by atoms with E-state index in [4.69, 9.17) is 0 Å². The number of amides is 1. The maximum Gasteiger partial charge on any atom is 0.263 e. The molecular weight excluding hydrogens is 475 g/mol. The van der Waals surface area contributed by atoms with Gasteiger partial charge < -0.3 is 9.47 Å². The molecule has 176 valence electrons. The lowest BCUT2D eigenvalue weighted by atomic mass is 10.0. The maximum atomic E-state index is 14.1. The van der Waals surface area contributed by atoms with Crippen molar-refractivity contribution >= 4 is 43.3 Å². The predicted molar refractivity (Wildman–Crippen MR) is 130 cm³/mol. The molecule has 2 aromatic carbocycles. The van der Waals surface area contributed by atoms with E-state index in [2.05, 4.69) is 9.71 Å². The van der Waals surface area contributed by atoms with Crippen molar-refractivity contribution in [3.05, 3.63) is 77.7 Å². The smallest absolute Gasteiger partial charge is 0.263 e. The quantitative estimate of drug-likeness (QED) is 0.407. The zero-order valence-corrected chi connectivity index (χ0v) is 20.0. The number of nitrogens with one attached hydrogen (secondary N) is 1. The molecule has 7 nitrogen and oxygen atoms in total. The van der Waals surface area contributed by atoms with Crippen LogP contribution in [0.2, 0.25) is 0 Å². The molecule has 0 radical (unpaired) electrons. The molecule has 3 heterocycles. The Morgan fingerprint density at radius 2 is 2.00 bits per heavy atom. The van der Waals surface area contributed by atoms with Gasteiger partial charge in [0.1, 0.15) is 11.9 Å². The monoisotopic (exact) mass is 498 g/mol. The number of likely N-dealkylation sites (tertiary alicyclic amines) is 1. The molecule has 2 atom stereocenters. The summed E-state index contributed by atoms with van der Waals surface area (Å²) in [5.74, 6) is -0.360. The zero-order chi connectivity index (χ0) is 23.9. The Labute approximate surface area is 200 Å². The lowest BCUT2D eigenvalue weighted by Gasteiger charge is -2.29. The molecular formula is C24H23FN4O3S2. The Morgan fingerprint density at radius 1 is 1.21 bits per heavy atom. The van der Waals surface area contributed by atoms with Crippen molar-refractivity contribution < 1.29 is 17.6 Å². The molecule has 4 aromatic rings. The van der Waals surface area contributed by atoms with Gasteiger partial charge in [0.05, 0.1) is 16.5 Å². The van der Waals surface area contributed by atoms with Crippen LogP contribution >= 0.6 is 11.3 Å². The Hall–Kier alpha value is -3.24. The first-order chi connectivity index (χ1) is 16.3. The molecule has 2 aromatic heterocycles. The summed E-state index contributed by atoms with van der Waals surface area (Å²) in [5, 5.41) is 2.49. The summed E-state index contributed by atoms with van der Waals surface area (Å²) < 4.78 is 43.6. The lowest BCUT2D eigenvalue weighted by Crippen LogP contribution is -2.35. The molecule has 0 spiro atoms. The Kier molecular flexibility index (Phi) is 5.86. The number of benzene rings is 2. The standard InChI is InChI=1S/C24H23FN4O3S2/c1-16(28-14-11-19-20(25)4-2-5-22(19)28)23(30)29-13-3-6-21(29)17-7-9-18(10-8-17)34(31,32)27-24-26-12-15-33-24/h2,4-5,7-12,14-16,21H,3,6,13H2,1H3,(H,26,27). The first kappa shape index (κ1) is 22.5. The van der Waals surface area contributed by atoms with Crippen LogP contribution in [0.4, 0.5) is 9.52 Å². The average molecular weight is 499 g/mol. The van der Waals surface area contributed by atoms with Crippen LogP contribution in [0.25, 0.3) is 10.9 Å². The molecule has 1 aliphatic rings. The molecule has 5 rings (SSSR count). The number of thiazole rings is 1. The summed E-state index contributed by atoms with van der Waals surface area (Å²) in [5.41, 5.74) is 1.56. The first-order valence-corrected chi connectivity index (χ1v) is 13.3. The number of fused-ring (bicyclic) bond motifs is 1. The SMILES string of the molecule is CC(C(=O)N1CCCC1c1ccc(S(=O)(=O)Nc2nccs2)cc1)n1ccc2c(F)cccc21. The second-order valence-electron chi connectivity index (χ2n) is 8.27. The molecule has 0 saturated carbocycles. The highest BCUT2D eigenvalue weighted by molar-refractivity contribution is 7.93. The number of nitrogens with zero attached hydrogens (tertiary/aromatic N) is 3. The summed E-state index contributed by atoms with van der Waals surface area (Å²) in [6, 6.07) is 12.5. The molecule has 0 aliphatic carbocycles. The fraction of sp³-hybridized carbons (Fsp3) is 0.250. The highest BCUT2D eigenvalue weighted by Gasteiger charge is 2.33. The Bertz CT molecular complexity index is 1430. The number of sulfonamides is 1. The van der Waals surface area contributed by atoms with Crippen LogP contribution in [-0.2, 0) is 14.8 Å². The molecule has 10 heteroatoms. The van der Waals surface area contributed by atoms with Gasteiger partial charge in [0.15, 0.2) is 5.13 Å². The number of rotatable bonds is 6. The van der Waals surface area contributed by atoms with Crippen LogP contribution in [0, 0.1) is 5.82 Å². The van der Waals surface area contributed by atoms with Gasteiger partial charge in [-0.05, 0) is 55.7 Å². The Morgan fingerprint density at radius 3 is 2.74 bits per heavy atom. The van der Waals surface area contributed by atoms with E-state index in [1.807, 2.05) is 17.9 Å². The number of carbonyl (C=O) groups excluding carboxylic acids is 1. The third-order valence-electron chi connectivity index (χ3n) is 6.25. The summed E-state index contributed by atoms with van der Waals surface area (Å²) >= 11 is 1.21. The first-order valence-electron chi connectivity index (χ1n) is 10.9. The highest BCUT2D eigenvalue weighted by Crippen LogP contribution is 2.35. The third-order valence-corrected chi connectivity index (χ3v) is 8.42. The van der Waals surface area contributed by atoms with Gasteiger partial charge in [0, 0.05) is 29.7 Å². The van der Waals surface area contributed by atoms with Gasteiger partial charge in [-0.2, -0.15) is 0 Å². The average Bonchev–Trinajstić information content (AvgIpc) is 3.59. The fourth-order valence-electron chi connectivity index (χ4n) is 4.54. The maximum absolute atomic E-state index is 14.1. The zero-order valence-electron chi connectivity index (χ0n) is 18.4. The van der Waals surface area contributed by atoms with E-state index in [1.54, 1.807) is 52.5 Å². The van der Waals surface area contributed by atoms with Gasteiger partial charge in [0.2, 0.25) is 5.91 Å². The van der Waals surface area contributed by atoms with Crippen molar-refractivity contribution in [3.8, 4) is 0 Å². The number of anilines is 1. The number of carbonyl (C=O) groups is 1. The molecule has 0 bridgehead atoms. The minimum Gasteiger partial charge on any atom is -0.335 e. The largest absolute Gasteiger partial charge is 0.335 e. The summed E-state index contributed by atoms with van der Waals surface area (Å²) in [6.07, 6.45) is 4.93. The minimum absolute atomic E-state index is 0.0496. The van der Waals surface area contributed by atoms with Crippen molar-refractivity contribution in [2.45, 2.75) is 36.7 Å². The molecule has 1 fully saturated rings. The molecule has 2 unspecified atom stereocenters. The predicted octanol–water partition coefficient (Wildman–Crippen LogP) is 4.96. The fourth-order valence-corrected chi connectivity index (χ4v) is 6.33. The second-order valence-corrected chi connectivity index (χ2v) is 10.9. The van der Waals surface area contributed by atoms with E-state index < -0.39 is 16.1 Å². The molecule has 1 N–H and O–H groups in total. The van der Waals surface area contributed by atoms with Crippen LogP contribution in [0.5, 0.6) is 0 Å². The lowest BCUT2D eigenvalue weighted by molar-refractivity contribution is -0.135. The summed E-state index contributed by atoms with van der Waals surface area (Å²) in [7, 11) is -3.74. The van der Waals surface area contributed by atoms with Crippen molar-refractivity contribution in [2.24, 2.45) is 0 Å². The second kappa shape index (κ2) is 8.84. The third kappa shape index (κ3) is 4.07. The van der Waals surface area contributed by atoms with Crippen LogP contribution in [-0.4, -0.2) is 35.3 Å². The van der Waals surface area contributed by atoms with Crippen molar-refractivity contribution in [1.29, 1.82) is 0 Å². The normalized spacial score (nSPS) is 17.2. The van der Waals surface area contributed by atoms with Gasteiger partial charge in [-0.15, -0.1) is 11.3 Å². The summed E-state index contributed by atoms with van der Waals surface area (Å²) in [4.78, 5) is 19.4. The molecule has 1 aliphatic heterocycles. The van der Waals surface area contributed by atoms with Gasteiger partial charge in [0.25, 0.3) is 10.0 Å². The number of hydrogen-bond acceptors (Lipinski definition) is 5. The van der Waals surface area contributed by atoms with E-state index >= 15 is 0 Å². The number of aromatic nitrogens is 2. The van der Waals surface area contributed by atoms with Gasteiger partial charge in [-0.1, -0.05) is 18.2 Å². The van der Waals surface area contributed by atoms with Crippen molar-refractivity contribution in [3.63, 3.8) is 0 Å². The van der Waals surface area contributed by atoms with Gasteiger partial charge in [-0.3, -0.25) is 9.52 Å². The van der Waals surface area contributed by atoms with Crippen molar-refractivity contribution in [1.82, 2.24) is 14.5 Å².